The van der Waals surface area contributed by atoms with Gasteiger partial charge in [-0.3, -0.25) is 9.59 Å². The van der Waals surface area contributed by atoms with Crippen molar-refractivity contribution in [2.24, 2.45) is 0 Å². The summed E-state index contributed by atoms with van der Waals surface area (Å²) in [5.74, 6) is -0.487. The zero-order chi connectivity index (χ0) is 15.5. The van der Waals surface area contributed by atoms with Crippen LogP contribution in [-0.4, -0.2) is 26.8 Å². The lowest BCUT2D eigenvalue weighted by atomic mass is 10.1. The molecule has 0 saturated carbocycles. The summed E-state index contributed by atoms with van der Waals surface area (Å²) < 4.78 is 0. The number of hydrogen-bond donors (Lipinski definition) is 2. The smallest absolute Gasteiger partial charge is 0.304 e. The van der Waals surface area contributed by atoms with Crippen molar-refractivity contribution < 1.29 is 9.90 Å². The summed E-state index contributed by atoms with van der Waals surface area (Å²) in [4.78, 5) is 30.7. The molecule has 0 radical (unpaired) electrons. The zero-order valence-electron chi connectivity index (χ0n) is 11.4. The molecular formula is C15H12N2O3S2. The van der Waals surface area contributed by atoms with Crippen LogP contribution in [0.3, 0.4) is 0 Å². The van der Waals surface area contributed by atoms with E-state index in [1.165, 1.54) is 23.1 Å². The van der Waals surface area contributed by atoms with Crippen LogP contribution in [0.15, 0.2) is 45.7 Å². The summed E-state index contributed by atoms with van der Waals surface area (Å²) >= 11 is 2.66. The van der Waals surface area contributed by atoms with Crippen molar-refractivity contribution in [3.63, 3.8) is 0 Å². The second kappa shape index (κ2) is 6.33. The number of carbonyl (C=O) groups is 1. The number of fused-ring (bicyclic) bond motifs is 1. The highest BCUT2D eigenvalue weighted by Crippen LogP contribution is 2.31. The van der Waals surface area contributed by atoms with Crippen LogP contribution in [0.2, 0.25) is 0 Å². The topological polar surface area (TPSA) is 83.0 Å². The molecule has 1 aromatic carbocycles. The number of hydrogen-bond acceptors (Lipinski definition) is 5. The van der Waals surface area contributed by atoms with Gasteiger partial charge in [-0.05, 0) is 5.56 Å². The Labute approximate surface area is 134 Å². The zero-order valence-corrected chi connectivity index (χ0v) is 13.0. The molecule has 0 aliphatic carbocycles. The molecule has 0 unspecified atom stereocenters. The summed E-state index contributed by atoms with van der Waals surface area (Å²) in [5, 5.41) is 11.6. The van der Waals surface area contributed by atoms with Gasteiger partial charge >= 0.3 is 5.97 Å². The third kappa shape index (κ3) is 3.05. The first kappa shape index (κ1) is 14.8. The lowest BCUT2D eigenvalue weighted by Crippen LogP contribution is -2.09. The maximum absolute atomic E-state index is 12.3. The molecule has 0 atom stereocenters. The van der Waals surface area contributed by atoms with Gasteiger partial charge in [0.25, 0.3) is 5.56 Å². The first-order valence-electron chi connectivity index (χ1n) is 6.56. The Balaban J connectivity index is 1.96. The van der Waals surface area contributed by atoms with E-state index >= 15 is 0 Å². The minimum absolute atomic E-state index is 0.0338. The van der Waals surface area contributed by atoms with Crippen molar-refractivity contribution in [1.29, 1.82) is 0 Å². The number of H-pyrrole nitrogens is 1. The van der Waals surface area contributed by atoms with Crippen LogP contribution in [0.4, 0.5) is 0 Å². The van der Waals surface area contributed by atoms with E-state index in [9.17, 15) is 9.59 Å². The maximum Gasteiger partial charge on any atom is 0.304 e. The van der Waals surface area contributed by atoms with E-state index in [1.54, 1.807) is 0 Å². The molecular weight excluding hydrogens is 320 g/mol. The number of thioether (sulfide) groups is 1. The van der Waals surface area contributed by atoms with Crippen molar-refractivity contribution in [3.05, 3.63) is 46.1 Å². The molecule has 3 aromatic rings. The highest BCUT2D eigenvalue weighted by molar-refractivity contribution is 7.99. The van der Waals surface area contributed by atoms with Crippen LogP contribution < -0.4 is 5.56 Å². The minimum atomic E-state index is -0.863. The molecule has 0 fully saturated rings. The van der Waals surface area contributed by atoms with Gasteiger partial charge in [0, 0.05) is 16.7 Å². The molecule has 0 bridgehead atoms. The van der Waals surface area contributed by atoms with Gasteiger partial charge in [0.2, 0.25) is 0 Å². The molecule has 7 heteroatoms. The Hall–Kier alpha value is -2.12. The molecule has 0 spiro atoms. The van der Waals surface area contributed by atoms with E-state index in [0.717, 1.165) is 11.1 Å². The van der Waals surface area contributed by atoms with Crippen molar-refractivity contribution in [2.45, 2.75) is 11.6 Å². The first-order valence-corrected chi connectivity index (χ1v) is 8.43. The van der Waals surface area contributed by atoms with Crippen LogP contribution in [0.1, 0.15) is 6.42 Å². The summed E-state index contributed by atoms with van der Waals surface area (Å²) in [6, 6.07) is 9.69. The normalized spacial score (nSPS) is 10.9. The highest BCUT2D eigenvalue weighted by atomic mass is 32.2. The third-order valence-corrected chi connectivity index (χ3v) is 4.81. The molecule has 0 aliphatic heterocycles. The number of aromatic nitrogens is 2. The summed E-state index contributed by atoms with van der Waals surface area (Å²) in [6.45, 7) is 0. The Kier molecular flexibility index (Phi) is 4.26. The van der Waals surface area contributed by atoms with Crippen LogP contribution in [-0.2, 0) is 4.79 Å². The summed E-state index contributed by atoms with van der Waals surface area (Å²) in [5.41, 5.74) is 1.66. The van der Waals surface area contributed by atoms with Crippen molar-refractivity contribution in [1.82, 2.24) is 9.97 Å². The molecule has 0 amide bonds. The molecule has 3 rings (SSSR count). The minimum Gasteiger partial charge on any atom is -0.481 e. The molecule has 2 aromatic heterocycles. The molecule has 2 N–H and O–H groups in total. The standard InChI is InChI=1S/C15H12N2O3S2/c18-11(19)6-7-21-15-16-13(20)12-10(8-22-14(12)17-15)9-4-2-1-3-5-9/h1-5,8H,6-7H2,(H,18,19)(H,16,17,20). The second-order valence-electron chi connectivity index (χ2n) is 4.56. The third-order valence-electron chi connectivity index (χ3n) is 3.06. The molecule has 0 aliphatic rings. The van der Waals surface area contributed by atoms with Crippen LogP contribution >= 0.6 is 23.1 Å². The number of benzene rings is 1. The SMILES string of the molecule is O=C(O)CCSc1nc2scc(-c3ccccc3)c2c(=O)[nH]1. The molecule has 0 saturated heterocycles. The van der Waals surface area contributed by atoms with Gasteiger partial charge in [-0.15, -0.1) is 11.3 Å². The lowest BCUT2D eigenvalue weighted by Gasteiger charge is -2.01. The number of nitrogens with zero attached hydrogens (tertiary/aromatic N) is 1. The van der Waals surface area contributed by atoms with Crippen LogP contribution in [0, 0.1) is 0 Å². The van der Waals surface area contributed by atoms with Crippen molar-refractivity contribution >= 4 is 39.3 Å². The van der Waals surface area contributed by atoms with Gasteiger partial charge in [0.05, 0.1) is 11.8 Å². The highest BCUT2D eigenvalue weighted by Gasteiger charge is 2.13. The van der Waals surface area contributed by atoms with Gasteiger partial charge in [-0.2, -0.15) is 0 Å². The lowest BCUT2D eigenvalue weighted by molar-refractivity contribution is -0.136. The molecule has 5 nitrogen and oxygen atoms in total. The largest absolute Gasteiger partial charge is 0.481 e. The Morgan fingerprint density at radius 1 is 1.32 bits per heavy atom. The molecule has 22 heavy (non-hydrogen) atoms. The number of rotatable bonds is 5. The van der Waals surface area contributed by atoms with Gasteiger partial charge in [-0.25, -0.2) is 4.98 Å². The molecule has 2 heterocycles. The van der Waals surface area contributed by atoms with Gasteiger partial charge in [0.1, 0.15) is 4.83 Å². The number of carboxylic acids is 1. The molecule has 112 valence electrons. The number of nitrogens with one attached hydrogen (secondary N) is 1. The summed E-state index contributed by atoms with van der Waals surface area (Å²) in [6.07, 6.45) is 0.0338. The van der Waals surface area contributed by atoms with Gasteiger partial charge < -0.3 is 10.1 Å². The Morgan fingerprint density at radius 2 is 2.09 bits per heavy atom. The van der Waals surface area contributed by atoms with E-state index in [1.807, 2.05) is 35.7 Å². The quantitative estimate of drug-likeness (QED) is 0.554. The predicted molar refractivity (Wildman–Crippen MR) is 88.7 cm³/mol. The number of aliphatic carboxylic acids is 1. The maximum atomic E-state index is 12.3. The second-order valence-corrected chi connectivity index (χ2v) is 6.50. The number of thiophene rings is 1. The van der Waals surface area contributed by atoms with E-state index in [-0.39, 0.29) is 12.0 Å². The first-order chi connectivity index (χ1) is 10.6. The van der Waals surface area contributed by atoms with E-state index < -0.39 is 5.97 Å². The van der Waals surface area contributed by atoms with Crippen LogP contribution in [0.25, 0.3) is 21.3 Å². The van der Waals surface area contributed by atoms with E-state index in [0.29, 0.717) is 21.1 Å². The van der Waals surface area contributed by atoms with Crippen molar-refractivity contribution in [3.8, 4) is 11.1 Å². The van der Waals surface area contributed by atoms with Crippen molar-refractivity contribution in [2.75, 3.05) is 5.75 Å². The van der Waals surface area contributed by atoms with E-state index in [2.05, 4.69) is 9.97 Å². The average molecular weight is 332 g/mol. The fraction of sp³-hybridized carbons (Fsp3) is 0.133. The van der Waals surface area contributed by atoms with Gasteiger partial charge in [-0.1, -0.05) is 42.1 Å². The predicted octanol–water partition coefficient (Wildman–Crippen LogP) is 3.22. The number of aromatic amines is 1. The Morgan fingerprint density at radius 3 is 2.82 bits per heavy atom. The number of carboxylic acid groups (broad SMARTS) is 1. The monoisotopic (exact) mass is 332 g/mol. The Bertz CT molecular complexity index is 871. The van der Waals surface area contributed by atoms with Gasteiger partial charge in [0.15, 0.2) is 5.16 Å². The fourth-order valence-electron chi connectivity index (χ4n) is 2.06. The van der Waals surface area contributed by atoms with Crippen LogP contribution in [0.5, 0.6) is 0 Å². The van der Waals surface area contributed by atoms with E-state index in [4.69, 9.17) is 5.11 Å². The fourth-order valence-corrected chi connectivity index (χ4v) is 3.86. The average Bonchev–Trinajstić information content (AvgIpc) is 2.92. The summed E-state index contributed by atoms with van der Waals surface area (Å²) in [7, 11) is 0.